The zero-order chi connectivity index (χ0) is 30.2. The van der Waals surface area contributed by atoms with Gasteiger partial charge in [0.2, 0.25) is 17.7 Å². The third-order valence-electron chi connectivity index (χ3n) is 6.12. The van der Waals surface area contributed by atoms with Gasteiger partial charge in [-0.05, 0) is 55.8 Å². The third kappa shape index (κ3) is 12.8. The molecule has 40 heavy (non-hydrogen) atoms. The van der Waals surface area contributed by atoms with E-state index in [0.717, 1.165) is 0 Å². The number of aromatic hydroxyl groups is 1. The molecule has 1 aromatic rings. The quantitative estimate of drug-likeness (QED) is 0.0574. The Kier molecular flexibility index (Phi) is 15.0. The van der Waals surface area contributed by atoms with Crippen molar-refractivity contribution >= 4 is 29.7 Å². The van der Waals surface area contributed by atoms with Gasteiger partial charge in [-0.1, -0.05) is 32.4 Å². The highest BCUT2D eigenvalue weighted by molar-refractivity contribution is 5.94. The van der Waals surface area contributed by atoms with Gasteiger partial charge in [0.1, 0.15) is 23.9 Å². The van der Waals surface area contributed by atoms with E-state index in [-0.39, 0.29) is 31.1 Å². The molecule has 1 rings (SSSR count). The predicted molar refractivity (Wildman–Crippen MR) is 151 cm³/mol. The Morgan fingerprint density at radius 1 is 0.875 bits per heavy atom. The van der Waals surface area contributed by atoms with Gasteiger partial charge < -0.3 is 49.1 Å². The molecule has 0 saturated carbocycles. The van der Waals surface area contributed by atoms with Crippen LogP contribution in [0, 0.1) is 5.92 Å². The number of carboxylic acids is 1. The van der Waals surface area contributed by atoms with Gasteiger partial charge in [0.15, 0.2) is 5.96 Å². The van der Waals surface area contributed by atoms with Gasteiger partial charge in [-0.15, -0.1) is 0 Å². The fourth-order valence-electron chi connectivity index (χ4n) is 3.81. The van der Waals surface area contributed by atoms with Gasteiger partial charge in [-0.3, -0.25) is 19.4 Å². The van der Waals surface area contributed by atoms with Crippen molar-refractivity contribution in [2.45, 2.75) is 76.5 Å². The number of amides is 3. The molecule has 1 aromatic carbocycles. The van der Waals surface area contributed by atoms with E-state index in [9.17, 15) is 29.4 Å². The highest BCUT2D eigenvalue weighted by Crippen LogP contribution is 2.12. The van der Waals surface area contributed by atoms with Crippen LogP contribution in [0.25, 0.3) is 0 Å². The number of carboxylic acid groups (broad SMARTS) is 1. The maximum atomic E-state index is 13.3. The van der Waals surface area contributed by atoms with E-state index in [0.29, 0.717) is 37.8 Å². The smallest absolute Gasteiger partial charge is 0.326 e. The molecule has 0 radical (unpaired) electrons. The minimum absolute atomic E-state index is 0.0266. The molecule has 0 bridgehead atoms. The maximum Gasteiger partial charge on any atom is 0.326 e. The zero-order valence-electron chi connectivity index (χ0n) is 23.1. The highest BCUT2D eigenvalue weighted by Gasteiger charge is 2.32. The fourth-order valence-corrected chi connectivity index (χ4v) is 3.81. The molecule has 14 heteroatoms. The van der Waals surface area contributed by atoms with E-state index in [2.05, 4.69) is 20.9 Å². The first-order valence-electron chi connectivity index (χ1n) is 13.3. The molecule has 0 aromatic heterocycles. The van der Waals surface area contributed by atoms with Crippen molar-refractivity contribution in [2.75, 3.05) is 13.1 Å². The summed E-state index contributed by atoms with van der Waals surface area (Å²) in [6.45, 7) is 4.08. The van der Waals surface area contributed by atoms with Gasteiger partial charge in [0.25, 0.3) is 0 Å². The lowest BCUT2D eigenvalue weighted by atomic mass is 10.00. The number of nitrogens with two attached hydrogens (primary N) is 4. The molecule has 0 spiro atoms. The first-order valence-corrected chi connectivity index (χ1v) is 13.3. The Labute approximate surface area is 234 Å². The van der Waals surface area contributed by atoms with Crippen molar-refractivity contribution in [3.05, 3.63) is 29.8 Å². The Bertz CT molecular complexity index is 997. The van der Waals surface area contributed by atoms with E-state index in [4.69, 9.17) is 22.9 Å². The van der Waals surface area contributed by atoms with Crippen LogP contribution in [0.3, 0.4) is 0 Å². The summed E-state index contributed by atoms with van der Waals surface area (Å²) >= 11 is 0. The van der Waals surface area contributed by atoms with E-state index < -0.39 is 53.8 Å². The third-order valence-corrected chi connectivity index (χ3v) is 6.12. The lowest BCUT2D eigenvalue weighted by Gasteiger charge is -2.27. The molecule has 13 N–H and O–H groups in total. The lowest BCUT2D eigenvalue weighted by Crippen LogP contribution is -2.58. The number of nitrogens with one attached hydrogen (secondary N) is 3. The number of guanidine groups is 1. The van der Waals surface area contributed by atoms with Crippen LogP contribution in [0.5, 0.6) is 5.75 Å². The minimum atomic E-state index is -1.28. The summed E-state index contributed by atoms with van der Waals surface area (Å²) in [6, 6.07) is 1.67. The number of hydrogen-bond donors (Lipinski definition) is 9. The van der Waals surface area contributed by atoms with E-state index >= 15 is 0 Å². The number of phenols is 1. The zero-order valence-corrected chi connectivity index (χ0v) is 23.1. The van der Waals surface area contributed by atoms with Gasteiger partial charge in [-0.25, -0.2) is 4.79 Å². The Balaban J connectivity index is 2.98. The van der Waals surface area contributed by atoms with Crippen molar-refractivity contribution in [3.63, 3.8) is 0 Å². The second kappa shape index (κ2) is 17.6. The topological polar surface area (TPSA) is 261 Å². The molecule has 0 saturated heterocycles. The second-order valence-corrected chi connectivity index (χ2v) is 9.90. The summed E-state index contributed by atoms with van der Waals surface area (Å²) in [4.78, 5) is 54.8. The summed E-state index contributed by atoms with van der Waals surface area (Å²) in [7, 11) is 0. The summed E-state index contributed by atoms with van der Waals surface area (Å²) in [6.07, 6.45) is 2.22. The molecule has 14 nitrogen and oxygen atoms in total. The molecule has 3 amide bonds. The highest BCUT2D eigenvalue weighted by atomic mass is 16.4. The number of rotatable bonds is 18. The number of aliphatic imine (C=N–C) groups is 1. The molecular formula is C26H44N8O6. The molecular weight excluding hydrogens is 520 g/mol. The van der Waals surface area contributed by atoms with Gasteiger partial charge in [0.05, 0.1) is 6.04 Å². The summed E-state index contributed by atoms with van der Waals surface area (Å²) < 4.78 is 0. The van der Waals surface area contributed by atoms with Crippen molar-refractivity contribution in [1.29, 1.82) is 0 Å². The Morgan fingerprint density at radius 2 is 1.50 bits per heavy atom. The Morgan fingerprint density at radius 3 is 2.05 bits per heavy atom. The SMILES string of the molecule is CC(C)C(NC(=O)C(CCCN=C(N)N)NC(=O)C(N)CCCCN)C(=O)NC(Cc1ccc(O)cc1)C(=O)O. The largest absolute Gasteiger partial charge is 0.508 e. The number of hydrogen-bond acceptors (Lipinski definition) is 8. The number of aliphatic carboxylic acids is 1. The van der Waals surface area contributed by atoms with Crippen molar-refractivity contribution in [1.82, 2.24) is 16.0 Å². The van der Waals surface area contributed by atoms with Crippen LogP contribution in [0.4, 0.5) is 0 Å². The number of carbonyl (C=O) groups is 4. The van der Waals surface area contributed by atoms with Gasteiger partial charge in [0, 0.05) is 13.0 Å². The van der Waals surface area contributed by atoms with Gasteiger partial charge in [-0.2, -0.15) is 0 Å². The lowest BCUT2D eigenvalue weighted by molar-refractivity contribution is -0.142. The normalized spacial score (nSPS) is 13.9. The van der Waals surface area contributed by atoms with Crippen molar-refractivity contribution < 1.29 is 29.4 Å². The molecule has 4 atom stereocenters. The van der Waals surface area contributed by atoms with Crippen molar-refractivity contribution in [2.24, 2.45) is 33.8 Å². The second-order valence-electron chi connectivity index (χ2n) is 9.90. The van der Waals surface area contributed by atoms with E-state index in [1.54, 1.807) is 26.0 Å². The Hall–Kier alpha value is -3.91. The maximum absolute atomic E-state index is 13.3. The molecule has 0 aliphatic carbocycles. The average Bonchev–Trinajstić information content (AvgIpc) is 2.89. The first kappa shape index (κ1) is 34.1. The van der Waals surface area contributed by atoms with E-state index in [1.165, 1.54) is 12.1 Å². The van der Waals surface area contributed by atoms with Crippen LogP contribution in [-0.2, 0) is 25.6 Å². The molecule has 4 unspecified atom stereocenters. The van der Waals surface area contributed by atoms with Crippen molar-refractivity contribution in [3.8, 4) is 5.75 Å². The molecule has 0 heterocycles. The monoisotopic (exact) mass is 564 g/mol. The van der Waals surface area contributed by atoms with Crippen LogP contribution in [0.2, 0.25) is 0 Å². The summed E-state index contributed by atoms with van der Waals surface area (Å²) in [5.74, 6) is -3.61. The number of nitrogens with zero attached hydrogens (tertiary/aromatic N) is 1. The number of unbranched alkanes of at least 4 members (excludes halogenated alkanes) is 1. The standard InChI is InChI=1S/C26H44N8O6/c1-15(2)21(24(38)33-20(25(39)40)14-16-8-10-17(35)11-9-16)34-23(37)19(7-5-13-31-26(29)30)32-22(36)18(28)6-3-4-12-27/h8-11,15,18-21,35H,3-7,12-14,27-28H2,1-2H3,(H,32,36)(H,33,38)(H,34,37)(H,39,40)(H4,29,30,31). The van der Waals surface area contributed by atoms with Crippen LogP contribution in [0.1, 0.15) is 51.5 Å². The number of phenolic OH excluding ortho intramolecular Hbond substituents is 1. The average molecular weight is 565 g/mol. The van der Waals surface area contributed by atoms with Crippen LogP contribution in [0.15, 0.2) is 29.3 Å². The number of benzene rings is 1. The van der Waals surface area contributed by atoms with Gasteiger partial charge >= 0.3 is 5.97 Å². The first-order chi connectivity index (χ1) is 18.8. The minimum Gasteiger partial charge on any atom is -0.508 e. The fraction of sp³-hybridized carbons (Fsp3) is 0.577. The van der Waals surface area contributed by atoms with E-state index in [1.807, 2.05) is 0 Å². The van der Waals surface area contributed by atoms with Crippen LogP contribution < -0.4 is 38.9 Å². The van der Waals surface area contributed by atoms with Crippen LogP contribution in [-0.4, -0.2) is 77.1 Å². The molecule has 0 aliphatic heterocycles. The predicted octanol–water partition coefficient (Wildman–Crippen LogP) is -1.36. The van der Waals surface area contributed by atoms with Crippen LogP contribution >= 0.6 is 0 Å². The molecule has 224 valence electrons. The number of carbonyl (C=O) groups excluding carboxylic acids is 3. The molecule has 0 aliphatic rings. The molecule has 0 fully saturated rings. The summed E-state index contributed by atoms with van der Waals surface area (Å²) in [5.41, 5.74) is 22.8. The summed E-state index contributed by atoms with van der Waals surface area (Å²) in [5, 5.41) is 26.9.